The van der Waals surface area contributed by atoms with Crippen LogP contribution in [0, 0.1) is 5.92 Å². The Labute approximate surface area is 178 Å². The molecule has 0 bridgehead atoms. The smallest absolute Gasteiger partial charge is 0.121 e. The van der Waals surface area contributed by atoms with E-state index < -0.39 is 6.10 Å². The minimum absolute atomic E-state index is 0.0486. The Morgan fingerprint density at radius 2 is 1.90 bits per heavy atom. The van der Waals surface area contributed by atoms with Gasteiger partial charge in [0.25, 0.3) is 0 Å². The third-order valence-corrected chi connectivity index (χ3v) is 5.46. The Hall–Kier alpha value is -2.60. The van der Waals surface area contributed by atoms with E-state index in [-0.39, 0.29) is 12.4 Å². The van der Waals surface area contributed by atoms with Crippen molar-refractivity contribution in [2.45, 2.75) is 32.0 Å². The largest absolute Gasteiger partial charge is 0.508 e. The molecule has 30 heavy (non-hydrogen) atoms. The molecule has 1 aliphatic carbocycles. The maximum absolute atomic E-state index is 10.3. The van der Waals surface area contributed by atoms with Crippen LogP contribution in [0.5, 0.6) is 5.75 Å². The number of aromatic hydroxyl groups is 1. The highest BCUT2D eigenvalue weighted by Gasteiger charge is 2.12. The van der Waals surface area contributed by atoms with E-state index in [1.165, 1.54) is 17.3 Å². The van der Waals surface area contributed by atoms with Gasteiger partial charge in [0.05, 0.1) is 12.7 Å². The molecule has 5 heteroatoms. The number of nitrogens with one attached hydrogen (secondary N) is 2. The molecule has 0 fully saturated rings. The van der Waals surface area contributed by atoms with Crippen LogP contribution in [0.2, 0.25) is 0 Å². The molecule has 0 spiro atoms. The van der Waals surface area contributed by atoms with Gasteiger partial charge in [0, 0.05) is 24.4 Å². The van der Waals surface area contributed by atoms with E-state index in [0.717, 1.165) is 32.4 Å². The van der Waals surface area contributed by atoms with Crippen LogP contribution in [0.1, 0.15) is 35.6 Å². The summed E-state index contributed by atoms with van der Waals surface area (Å²) < 4.78 is 0. The van der Waals surface area contributed by atoms with Crippen LogP contribution in [0.4, 0.5) is 0 Å². The van der Waals surface area contributed by atoms with Crippen LogP contribution in [-0.2, 0) is 13.0 Å². The summed E-state index contributed by atoms with van der Waals surface area (Å²) in [6, 6.07) is 15.3. The van der Waals surface area contributed by atoms with Gasteiger partial charge in [-0.25, -0.2) is 0 Å². The highest BCUT2D eigenvalue weighted by Crippen LogP contribution is 2.22. The topological polar surface area (TPSA) is 84.8 Å². The summed E-state index contributed by atoms with van der Waals surface area (Å²) in [6.45, 7) is 1.94. The van der Waals surface area contributed by atoms with E-state index >= 15 is 0 Å². The molecule has 1 aliphatic rings. The van der Waals surface area contributed by atoms with Crippen molar-refractivity contribution >= 4 is 0 Å². The number of allylic oxidation sites excluding steroid dienone is 3. The van der Waals surface area contributed by atoms with Crippen molar-refractivity contribution in [3.8, 4) is 5.75 Å². The van der Waals surface area contributed by atoms with E-state index in [0.29, 0.717) is 23.6 Å². The first-order chi connectivity index (χ1) is 14.7. The van der Waals surface area contributed by atoms with Gasteiger partial charge in [0.15, 0.2) is 0 Å². The van der Waals surface area contributed by atoms with E-state index in [9.17, 15) is 15.3 Å². The lowest BCUT2D eigenvalue weighted by molar-refractivity contribution is 0.174. The zero-order valence-electron chi connectivity index (χ0n) is 17.3. The first kappa shape index (κ1) is 22.1. The zero-order chi connectivity index (χ0) is 21.2. The number of rotatable bonds is 11. The molecule has 2 unspecified atom stereocenters. The Morgan fingerprint density at radius 1 is 1.07 bits per heavy atom. The van der Waals surface area contributed by atoms with Gasteiger partial charge in [-0.3, -0.25) is 0 Å². The summed E-state index contributed by atoms with van der Waals surface area (Å²) in [6.07, 6.45) is 9.07. The number of phenols is 1. The van der Waals surface area contributed by atoms with Crippen LogP contribution in [0.25, 0.3) is 0 Å². The Bertz CT molecular complexity index is 849. The van der Waals surface area contributed by atoms with Gasteiger partial charge in [0.1, 0.15) is 5.75 Å². The molecule has 0 saturated carbocycles. The lowest BCUT2D eigenvalue weighted by Crippen LogP contribution is -2.24. The maximum Gasteiger partial charge on any atom is 0.121 e. The minimum Gasteiger partial charge on any atom is -0.508 e. The molecule has 2 aromatic rings. The number of aliphatic hydroxyl groups is 2. The minimum atomic E-state index is -0.668. The van der Waals surface area contributed by atoms with Crippen molar-refractivity contribution in [3.05, 3.63) is 89.1 Å². The van der Waals surface area contributed by atoms with Gasteiger partial charge >= 0.3 is 0 Å². The van der Waals surface area contributed by atoms with Crippen LogP contribution in [0.15, 0.2) is 72.5 Å². The van der Waals surface area contributed by atoms with Crippen molar-refractivity contribution in [3.63, 3.8) is 0 Å². The predicted molar refractivity (Wildman–Crippen MR) is 120 cm³/mol. The van der Waals surface area contributed by atoms with Crippen LogP contribution < -0.4 is 10.6 Å². The molecular weight excluding hydrogens is 376 g/mol. The van der Waals surface area contributed by atoms with Crippen LogP contribution in [-0.4, -0.2) is 35.0 Å². The molecule has 3 rings (SSSR count). The molecule has 2 atom stereocenters. The second-order valence-electron chi connectivity index (χ2n) is 7.73. The quantitative estimate of drug-likeness (QED) is 0.369. The molecule has 0 amide bonds. The standard InChI is InChI=1S/C25H32N2O3/c28-18-22-16-21(8-11-24(22)29)25(30)17-26-14-12-20-6-9-23(10-7-20)27-15-13-19-4-2-1-3-5-19/h1-6,8-11,16,20,25-30H,7,12-15,17-18H2. The molecule has 5 nitrogen and oxygen atoms in total. The number of hydrogen-bond acceptors (Lipinski definition) is 5. The Kier molecular flexibility index (Phi) is 8.51. The van der Waals surface area contributed by atoms with Gasteiger partial charge in [-0.1, -0.05) is 48.6 Å². The van der Waals surface area contributed by atoms with Gasteiger partial charge in [-0.15, -0.1) is 0 Å². The van der Waals surface area contributed by atoms with Crippen LogP contribution >= 0.6 is 0 Å². The van der Waals surface area contributed by atoms with Crippen molar-refractivity contribution in [1.29, 1.82) is 0 Å². The van der Waals surface area contributed by atoms with E-state index in [2.05, 4.69) is 53.1 Å². The number of benzene rings is 2. The zero-order valence-corrected chi connectivity index (χ0v) is 17.3. The monoisotopic (exact) mass is 408 g/mol. The van der Waals surface area contributed by atoms with Gasteiger partial charge in [-0.05, 0) is 61.1 Å². The number of hydrogen-bond donors (Lipinski definition) is 5. The fourth-order valence-electron chi connectivity index (χ4n) is 3.59. The van der Waals surface area contributed by atoms with Gasteiger partial charge < -0.3 is 26.0 Å². The van der Waals surface area contributed by atoms with Crippen LogP contribution in [0.3, 0.4) is 0 Å². The first-order valence-corrected chi connectivity index (χ1v) is 10.6. The van der Waals surface area contributed by atoms with Gasteiger partial charge in [0.2, 0.25) is 0 Å². The van der Waals surface area contributed by atoms with E-state index in [4.69, 9.17) is 0 Å². The molecule has 0 aliphatic heterocycles. The summed E-state index contributed by atoms with van der Waals surface area (Å²) in [5.74, 6) is 0.552. The molecule has 0 heterocycles. The fraction of sp³-hybridized carbons (Fsp3) is 0.360. The average Bonchev–Trinajstić information content (AvgIpc) is 2.78. The van der Waals surface area contributed by atoms with Gasteiger partial charge in [-0.2, -0.15) is 0 Å². The lowest BCUT2D eigenvalue weighted by Gasteiger charge is -2.18. The van der Waals surface area contributed by atoms with Crippen molar-refractivity contribution in [1.82, 2.24) is 10.6 Å². The highest BCUT2D eigenvalue weighted by molar-refractivity contribution is 5.36. The molecular formula is C25H32N2O3. The van der Waals surface area contributed by atoms with Crippen molar-refractivity contribution in [2.75, 3.05) is 19.6 Å². The second-order valence-corrected chi connectivity index (χ2v) is 7.73. The molecule has 160 valence electrons. The SMILES string of the molecule is OCc1cc(C(O)CNCCC2C=CC(NCCc3ccccc3)=CC2)ccc1O. The average molecular weight is 409 g/mol. The third-order valence-electron chi connectivity index (χ3n) is 5.46. The first-order valence-electron chi connectivity index (χ1n) is 10.6. The molecule has 2 aromatic carbocycles. The number of aliphatic hydroxyl groups excluding tert-OH is 2. The summed E-state index contributed by atoms with van der Waals surface area (Å²) in [4.78, 5) is 0. The van der Waals surface area contributed by atoms with E-state index in [1.54, 1.807) is 12.1 Å². The van der Waals surface area contributed by atoms with E-state index in [1.807, 2.05) is 6.07 Å². The fourth-order valence-corrected chi connectivity index (χ4v) is 3.59. The molecule has 0 saturated heterocycles. The third kappa shape index (κ3) is 6.73. The molecule has 5 N–H and O–H groups in total. The normalized spacial score (nSPS) is 16.9. The maximum atomic E-state index is 10.3. The summed E-state index contributed by atoms with van der Waals surface area (Å²) in [7, 11) is 0. The van der Waals surface area contributed by atoms with Crippen molar-refractivity contribution < 1.29 is 15.3 Å². The van der Waals surface area contributed by atoms with Crippen molar-refractivity contribution in [2.24, 2.45) is 5.92 Å². The Balaban J connectivity index is 1.31. The summed E-state index contributed by atoms with van der Waals surface area (Å²) >= 11 is 0. The second kappa shape index (κ2) is 11.6. The molecule has 0 radical (unpaired) electrons. The summed E-state index contributed by atoms with van der Waals surface area (Å²) in [5, 5.41) is 36.0. The Morgan fingerprint density at radius 3 is 2.63 bits per heavy atom. The lowest BCUT2D eigenvalue weighted by atomic mass is 9.96. The predicted octanol–water partition coefficient (Wildman–Crippen LogP) is 3.19. The molecule has 0 aromatic heterocycles. The highest BCUT2D eigenvalue weighted by atomic mass is 16.3. The summed E-state index contributed by atoms with van der Waals surface area (Å²) in [5.41, 5.74) is 3.66.